The number of nitrogens with zero attached hydrogens (tertiary/aromatic N) is 1. The topological polar surface area (TPSA) is 62.2 Å². The van der Waals surface area contributed by atoms with Crippen LogP contribution in [0.5, 0.6) is 0 Å². The van der Waals surface area contributed by atoms with Crippen molar-refractivity contribution in [3.8, 4) is 0 Å². The Balaban J connectivity index is 2.22. The highest BCUT2D eigenvalue weighted by atomic mass is 16.4. The summed E-state index contributed by atoms with van der Waals surface area (Å²) >= 11 is 0. The minimum atomic E-state index is -0.908. The van der Waals surface area contributed by atoms with Gasteiger partial charge in [-0.1, -0.05) is 19.8 Å². The summed E-state index contributed by atoms with van der Waals surface area (Å²) in [5.41, 5.74) is 2.78. The second-order valence-corrected chi connectivity index (χ2v) is 5.99. The van der Waals surface area contributed by atoms with E-state index in [2.05, 4.69) is 17.2 Å². The Morgan fingerprint density at radius 2 is 2.05 bits per heavy atom. The van der Waals surface area contributed by atoms with Crippen molar-refractivity contribution >= 4 is 11.7 Å². The monoisotopic (exact) mass is 276 g/mol. The van der Waals surface area contributed by atoms with Gasteiger partial charge in [-0.05, 0) is 44.6 Å². The molecule has 0 atom stereocenters. The lowest BCUT2D eigenvalue weighted by Gasteiger charge is -2.28. The molecule has 1 fully saturated rings. The lowest BCUT2D eigenvalue weighted by Crippen LogP contribution is -2.26. The second-order valence-electron chi connectivity index (χ2n) is 5.99. The van der Waals surface area contributed by atoms with E-state index in [4.69, 9.17) is 0 Å². The maximum absolute atomic E-state index is 11.4. The summed E-state index contributed by atoms with van der Waals surface area (Å²) in [6.45, 7) is 6.74. The molecule has 1 aliphatic carbocycles. The average Bonchev–Trinajstić information content (AvgIpc) is 2.84. The summed E-state index contributed by atoms with van der Waals surface area (Å²) in [4.78, 5) is 15.7. The molecule has 4 nitrogen and oxygen atoms in total. The molecule has 4 heteroatoms. The summed E-state index contributed by atoms with van der Waals surface area (Å²) in [6.07, 6.45) is 6.20. The highest BCUT2D eigenvalue weighted by Gasteiger charge is 2.32. The number of rotatable bonds is 5. The third kappa shape index (κ3) is 2.94. The van der Waals surface area contributed by atoms with E-state index in [-0.39, 0.29) is 0 Å². The summed E-state index contributed by atoms with van der Waals surface area (Å²) in [7, 11) is 0. The molecule has 1 saturated carbocycles. The molecule has 0 radical (unpaired) electrons. The molecule has 1 aromatic heterocycles. The molecule has 20 heavy (non-hydrogen) atoms. The average molecular weight is 276 g/mol. The lowest BCUT2D eigenvalue weighted by molar-refractivity contribution is 0.0696. The highest BCUT2D eigenvalue weighted by Crippen LogP contribution is 2.41. The molecule has 1 heterocycles. The summed E-state index contributed by atoms with van der Waals surface area (Å²) in [5, 5.41) is 12.8. The number of carbonyl (C=O) groups is 1. The fraction of sp³-hybridized carbons (Fsp3) is 0.625. The zero-order chi connectivity index (χ0) is 14.8. The first-order valence-electron chi connectivity index (χ1n) is 7.43. The van der Waals surface area contributed by atoms with Gasteiger partial charge in [0.05, 0.1) is 11.4 Å². The van der Waals surface area contributed by atoms with E-state index in [9.17, 15) is 9.90 Å². The van der Waals surface area contributed by atoms with Crippen LogP contribution < -0.4 is 5.32 Å². The molecule has 110 valence electrons. The molecule has 0 aliphatic heterocycles. The molecule has 2 rings (SSSR count). The fourth-order valence-corrected chi connectivity index (χ4v) is 3.30. The van der Waals surface area contributed by atoms with Crippen LogP contribution in [0.25, 0.3) is 0 Å². The first-order valence-corrected chi connectivity index (χ1v) is 7.43. The van der Waals surface area contributed by atoms with E-state index < -0.39 is 5.97 Å². The van der Waals surface area contributed by atoms with Gasteiger partial charge in [0.15, 0.2) is 0 Å². The number of carboxylic acid groups (broad SMARTS) is 1. The Hall–Kier alpha value is -1.58. The maximum atomic E-state index is 11.4. The Bertz CT molecular complexity index is 505. The van der Waals surface area contributed by atoms with Crippen LogP contribution in [-0.2, 0) is 0 Å². The summed E-state index contributed by atoms with van der Waals surface area (Å²) < 4.78 is 0. The van der Waals surface area contributed by atoms with Crippen molar-refractivity contribution in [2.45, 2.75) is 52.9 Å². The molecule has 0 saturated heterocycles. The van der Waals surface area contributed by atoms with E-state index in [1.165, 1.54) is 25.7 Å². The predicted octanol–water partition coefficient (Wildman–Crippen LogP) is 3.78. The number of hydrogen-bond donors (Lipinski definition) is 2. The smallest absolute Gasteiger partial charge is 0.339 e. The molecule has 1 aliphatic rings. The van der Waals surface area contributed by atoms with Gasteiger partial charge in [-0.25, -0.2) is 4.79 Å². The van der Waals surface area contributed by atoms with Crippen molar-refractivity contribution in [1.82, 2.24) is 4.98 Å². The second kappa shape index (κ2) is 5.81. The minimum absolute atomic E-state index is 0.305. The standard InChI is InChI=1S/C16H24N2O2/c1-4-16(7-5-6-8-16)10-17-13-9-11(2)18-12(3)14(13)15(19)20/h9H,4-8,10H2,1-3H3,(H,17,18)(H,19,20). The number of pyridine rings is 1. The van der Waals surface area contributed by atoms with Crippen LogP contribution in [0.1, 0.15) is 60.8 Å². The fourth-order valence-electron chi connectivity index (χ4n) is 3.30. The third-order valence-electron chi connectivity index (χ3n) is 4.61. The largest absolute Gasteiger partial charge is 0.478 e. The first-order chi connectivity index (χ1) is 9.47. The van der Waals surface area contributed by atoms with E-state index in [0.717, 1.165) is 18.7 Å². The zero-order valence-corrected chi connectivity index (χ0v) is 12.6. The number of aryl methyl sites for hydroxylation is 2. The van der Waals surface area contributed by atoms with Crippen molar-refractivity contribution < 1.29 is 9.90 Å². The van der Waals surface area contributed by atoms with Gasteiger partial charge in [-0.3, -0.25) is 4.98 Å². The van der Waals surface area contributed by atoms with Gasteiger partial charge in [0.25, 0.3) is 0 Å². The van der Waals surface area contributed by atoms with Gasteiger partial charge in [-0.2, -0.15) is 0 Å². The lowest BCUT2D eigenvalue weighted by atomic mass is 9.83. The van der Waals surface area contributed by atoms with E-state index in [0.29, 0.717) is 22.4 Å². The van der Waals surface area contributed by atoms with Gasteiger partial charge >= 0.3 is 5.97 Å². The van der Waals surface area contributed by atoms with Crippen molar-refractivity contribution in [2.75, 3.05) is 11.9 Å². The summed E-state index contributed by atoms with van der Waals surface area (Å²) in [5.74, 6) is -0.908. The molecular formula is C16H24N2O2. The number of nitrogens with one attached hydrogen (secondary N) is 1. The molecule has 0 spiro atoms. The van der Waals surface area contributed by atoms with E-state index in [1.807, 2.05) is 13.0 Å². The first kappa shape index (κ1) is 14.8. The number of aromatic carboxylic acids is 1. The molecule has 2 N–H and O–H groups in total. The number of hydrogen-bond acceptors (Lipinski definition) is 3. The Kier molecular flexibility index (Phi) is 4.31. The van der Waals surface area contributed by atoms with E-state index in [1.54, 1.807) is 6.92 Å². The number of carboxylic acids is 1. The van der Waals surface area contributed by atoms with Crippen molar-refractivity contribution in [1.29, 1.82) is 0 Å². The molecule has 0 aromatic carbocycles. The molecule has 0 amide bonds. The number of aromatic nitrogens is 1. The van der Waals surface area contributed by atoms with Gasteiger partial charge in [0, 0.05) is 12.2 Å². The van der Waals surface area contributed by atoms with E-state index >= 15 is 0 Å². The van der Waals surface area contributed by atoms with Crippen LogP contribution in [-0.4, -0.2) is 22.6 Å². The Labute approximate surface area is 120 Å². The van der Waals surface area contributed by atoms with Gasteiger partial charge in [0.1, 0.15) is 5.56 Å². The Morgan fingerprint density at radius 3 is 2.60 bits per heavy atom. The molecule has 1 aromatic rings. The van der Waals surface area contributed by atoms with Crippen molar-refractivity contribution in [3.05, 3.63) is 23.0 Å². The highest BCUT2D eigenvalue weighted by molar-refractivity contribution is 5.95. The minimum Gasteiger partial charge on any atom is -0.478 e. The predicted molar refractivity (Wildman–Crippen MR) is 80.4 cm³/mol. The van der Waals surface area contributed by atoms with Gasteiger partial charge in [0.2, 0.25) is 0 Å². The SMILES string of the molecule is CCC1(CNc2cc(C)nc(C)c2C(=O)O)CCCC1. The third-order valence-corrected chi connectivity index (χ3v) is 4.61. The maximum Gasteiger partial charge on any atom is 0.339 e. The van der Waals surface area contributed by atoms with Crippen molar-refractivity contribution in [2.24, 2.45) is 5.41 Å². The Morgan fingerprint density at radius 1 is 1.40 bits per heavy atom. The molecular weight excluding hydrogens is 252 g/mol. The van der Waals surface area contributed by atoms with Crippen LogP contribution in [0.3, 0.4) is 0 Å². The van der Waals surface area contributed by atoms with Crippen LogP contribution in [0.15, 0.2) is 6.07 Å². The molecule has 0 bridgehead atoms. The quantitative estimate of drug-likeness (QED) is 0.859. The normalized spacial score (nSPS) is 17.1. The summed E-state index contributed by atoms with van der Waals surface area (Å²) in [6, 6.07) is 1.84. The van der Waals surface area contributed by atoms with Crippen LogP contribution in [0, 0.1) is 19.3 Å². The zero-order valence-electron chi connectivity index (χ0n) is 12.6. The van der Waals surface area contributed by atoms with Crippen LogP contribution in [0.2, 0.25) is 0 Å². The molecule has 0 unspecified atom stereocenters. The number of anilines is 1. The van der Waals surface area contributed by atoms with Crippen molar-refractivity contribution in [3.63, 3.8) is 0 Å². The van der Waals surface area contributed by atoms with Gasteiger partial charge < -0.3 is 10.4 Å². The van der Waals surface area contributed by atoms with Crippen LogP contribution >= 0.6 is 0 Å². The van der Waals surface area contributed by atoms with Gasteiger partial charge in [-0.15, -0.1) is 0 Å². The van der Waals surface area contributed by atoms with Crippen LogP contribution in [0.4, 0.5) is 5.69 Å².